The highest BCUT2D eigenvalue weighted by atomic mass is 19.1. The van der Waals surface area contributed by atoms with Gasteiger partial charge in [0.1, 0.15) is 17.4 Å². The molecule has 1 aliphatic rings. The number of halogens is 1. The molecule has 5 rings (SSSR count). The normalized spacial score (nSPS) is 15.8. The number of rotatable bonds is 9. The number of unbranched alkanes of at least 4 members (excludes halogenated alkanes) is 1. The molecule has 0 N–H and O–H groups in total. The molecule has 1 saturated heterocycles. The van der Waals surface area contributed by atoms with Gasteiger partial charge < -0.3 is 14.2 Å². The number of ether oxygens (including phenoxy) is 1. The molecule has 6 heteroatoms. The zero-order valence-electron chi connectivity index (χ0n) is 20.0. The zero-order valence-corrected chi connectivity index (χ0v) is 20.0. The van der Waals surface area contributed by atoms with Crippen molar-refractivity contribution in [1.82, 2.24) is 14.5 Å². The van der Waals surface area contributed by atoms with E-state index in [-0.39, 0.29) is 17.6 Å². The Bertz CT molecular complexity index is 1300. The maximum Gasteiger partial charge on any atom is 0.223 e. The van der Waals surface area contributed by atoms with Crippen molar-refractivity contribution in [3.63, 3.8) is 0 Å². The molecule has 0 saturated carbocycles. The number of carbonyl (C=O) groups excluding carboxylic acids is 1. The smallest absolute Gasteiger partial charge is 0.223 e. The molecule has 1 amide bonds. The number of nitrogens with zero attached hydrogens (tertiary/aromatic N) is 3. The highest BCUT2D eigenvalue weighted by Gasteiger charge is 2.33. The number of hydrogen-bond donors (Lipinski definition) is 0. The molecule has 0 radical (unpaired) electrons. The van der Waals surface area contributed by atoms with Gasteiger partial charge in [-0.1, -0.05) is 42.0 Å². The summed E-state index contributed by atoms with van der Waals surface area (Å²) in [6, 6.07) is 22.6. The largest absolute Gasteiger partial charge is 0.494 e. The quantitative estimate of drug-likeness (QED) is 0.287. The van der Waals surface area contributed by atoms with Gasteiger partial charge in [0.25, 0.3) is 0 Å². The van der Waals surface area contributed by atoms with Gasteiger partial charge in [-0.25, -0.2) is 9.37 Å². The van der Waals surface area contributed by atoms with Gasteiger partial charge in [-0.3, -0.25) is 4.79 Å². The van der Waals surface area contributed by atoms with Crippen molar-refractivity contribution in [2.24, 2.45) is 0 Å². The lowest BCUT2D eigenvalue weighted by atomic mass is 10.1. The molecule has 0 aliphatic carbocycles. The number of carbonyl (C=O) groups is 1. The van der Waals surface area contributed by atoms with E-state index < -0.39 is 0 Å². The van der Waals surface area contributed by atoms with Crippen LogP contribution in [0.25, 0.3) is 11.0 Å². The van der Waals surface area contributed by atoms with E-state index in [1.54, 1.807) is 12.1 Å². The van der Waals surface area contributed by atoms with Crippen LogP contribution >= 0.6 is 0 Å². The number of benzene rings is 3. The highest BCUT2D eigenvalue weighted by molar-refractivity contribution is 5.81. The molecular formula is C29H30FN3O2. The van der Waals surface area contributed by atoms with Gasteiger partial charge in [0.2, 0.25) is 5.91 Å². The average Bonchev–Trinajstić information content (AvgIpc) is 3.41. The third-order valence-electron chi connectivity index (χ3n) is 6.62. The van der Waals surface area contributed by atoms with Crippen LogP contribution in [0, 0.1) is 12.7 Å². The third kappa shape index (κ3) is 5.37. The van der Waals surface area contributed by atoms with Crippen molar-refractivity contribution in [2.45, 2.75) is 45.2 Å². The molecule has 35 heavy (non-hydrogen) atoms. The molecular weight excluding hydrogens is 441 g/mol. The Morgan fingerprint density at radius 2 is 1.77 bits per heavy atom. The zero-order chi connectivity index (χ0) is 24.2. The Hall–Kier alpha value is -3.67. The molecule has 2 heterocycles. The number of para-hydroxylation sites is 2. The second-order valence-corrected chi connectivity index (χ2v) is 9.28. The van der Waals surface area contributed by atoms with Crippen LogP contribution in [0.2, 0.25) is 0 Å². The summed E-state index contributed by atoms with van der Waals surface area (Å²) in [5, 5.41) is 0. The topological polar surface area (TPSA) is 47.4 Å². The number of likely N-dealkylation sites (tertiary alicyclic amines) is 1. The molecule has 1 fully saturated rings. The van der Waals surface area contributed by atoms with Gasteiger partial charge in [-0.15, -0.1) is 0 Å². The molecule has 180 valence electrons. The highest BCUT2D eigenvalue weighted by Crippen LogP contribution is 2.31. The SMILES string of the molecule is Cc1ccc(OCCCCn2c(C3CC(=O)N(Cc4ccc(F)cc4)C3)nc3ccccc32)cc1. The molecule has 1 unspecified atom stereocenters. The fraction of sp³-hybridized carbons (Fsp3) is 0.310. The Morgan fingerprint density at radius 1 is 1.00 bits per heavy atom. The standard InChI is InChI=1S/C29H30FN3O2/c1-21-8-14-25(15-9-21)35-17-5-4-16-33-27-7-3-2-6-26(27)31-29(33)23-18-28(34)32(20-23)19-22-10-12-24(30)13-11-22/h2-3,6-15,23H,4-5,16-20H2,1H3. The minimum atomic E-state index is -0.266. The molecule has 1 aromatic heterocycles. The van der Waals surface area contributed by atoms with E-state index in [1.165, 1.54) is 17.7 Å². The lowest BCUT2D eigenvalue weighted by molar-refractivity contribution is -0.128. The summed E-state index contributed by atoms with van der Waals surface area (Å²) < 4.78 is 21.4. The van der Waals surface area contributed by atoms with Crippen molar-refractivity contribution in [2.75, 3.05) is 13.2 Å². The fourth-order valence-corrected chi connectivity index (χ4v) is 4.75. The maximum atomic E-state index is 13.3. The van der Waals surface area contributed by atoms with E-state index in [2.05, 4.69) is 29.7 Å². The van der Waals surface area contributed by atoms with Crippen molar-refractivity contribution in [3.8, 4) is 5.75 Å². The van der Waals surface area contributed by atoms with Crippen LogP contribution in [-0.2, 0) is 17.9 Å². The predicted octanol–water partition coefficient (Wildman–Crippen LogP) is 5.86. The van der Waals surface area contributed by atoms with E-state index >= 15 is 0 Å². The summed E-state index contributed by atoms with van der Waals surface area (Å²) in [4.78, 5) is 19.6. The van der Waals surface area contributed by atoms with E-state index in [9.17, 15) is 9.18 Å². The molecule has 0 bridgehead atoms. The Balaban J connectivity index is 1.25. The van der Waals surface area contributed by atoms with Crippen LogP contribution in [0.1, 0.15) is 42.1 Å². The molecule has 3 aromatic carbocycles. The molecule has 4 aromatic rings. The first-order valence-corrected chi connectivity index (χ1v) is 12.2. The van der Waals surface area contributed by atoms with Crippen LogP contribution < -0.4 is 4.74 Å². The van der Waals surface area contributed by atoms with Gasteiger partial charge >= 0.3 is 0 Å². The van der Waals surface area contributed by atoms with E-state index in [0.29, 0.717) is 26.1 Å². The summed E-state index contributed by atoms with van der Waals surface area (Å²) in [7, 11) is 0. The van der Waals surface area contributed by atoms with Gasteiger partial charge in [0.15, 0.2) is 0 Å². The first-order chi connectivity index (χ1) is 17.1. The van der Waals surface area contributed by atoms with Crippen molar-refractivity contribution in [1.29, 1.82) is 0 Å². The lowest BCUT2D eigenvalue weighted by Gasteiger charge is -2.17. The monoisotopic (exact) mass is 471 g/mol. The van der Waals surface area contributed by atoms with Gasteiger partial charge in [-0.05, 0) is 61.7 Å². The van der Waals surface area contributed by atoms with Gasteiger partial charge in [0.05, 0.1) is 17.6 Å². The van der Waals surface area contributed by atoms with E-state index in [1.807, 2.05) is 35.2 Å². The van der Waals surface area contributed by atoms with Crippen LogP contribution in [0.4, 0.5) is 4.39 Å². The number of fused-ring (bicyclic) bond motifs is 1. The van der Waals surface area contributed by atoms with E-state index in [4.69, 9.17) is 9.72 Å². The van der Waals surface area contributed by atoms with Crippen LogP contribution in [-0.4, -0.2) is 33.5 Å². The Morgan fingerprint density at radius 3 is 2.57 bits per heavy atom. The van der Waals surface area contributed by atoms with Gasteiger partial charge in [-0.2, -0.15) is 0 Å². The number of amides is 1. The number of aromatic nitrogens is 2. The second-order valence-electron chi connectivity index (χ2n) is 9.28. The van der Waals surface area contributed by atoms with Crippen molar-refractivity contribution >= 4 is 16.9 Å². The molecule has 1 atom stereocenters. The summed E-state index contributed by atoms with van der Waals surface area (Å²) in [6.07, 6.45) is 2.33. The first-order valence-electron chi connectivity index (χ1n) is 12.2. The summed E-state index contributed by atoms with van der Waals surface area (Å²) in [5.41, 5.74) is 4.22. The predicted molar refractivity (Wildman–Crippen MR) is 135 cm³/mol. The van der Waals surface area contributed by atoms with Gasteiger partial charge in [0, 0.05) is 32.0 Å². The summed E-state index contributed by atoms with van der Waals surface area (Å²) in [6.45, 7) is 4.67. The number of imidazole rings is 1. The third-order valence-corrected chi connectivity index (χ3v) is 6.62. The van der Waals surface area contributed by atoms with Crippen LogP contribution in [0.15, 0.2) is 72.8 Å². The maximum absolute atomic E-state index is 13.3. The number of aryl methyl sites for hydroxylation is 2. The Kier molecular flexibility index (Phi) is 6.80. The van der Waals surface area contributed by atoms with Crippen LogP contribution in [0.3, 0.4) is 0 Å². The molecule has 0 spiro atoms. The fourth-order valence-electron chi connectivity index (χ4n) is 4.75. The lowest BCUT2D eigenvalue weighted by Crippen LogP contribution is -2.24. The first kappa shape index (κ1) is 23.1. The average molecular weight is 472 g/mol. The summed E-state index contributed by atoms with van der Waals surface area (Å²) >= 11 is 0. The second kappa shape index (κ2) is 10.3. The number of hydrogen-bond acceptors (Lipinski definition) is 3. The minimum Gasteiger partial charge on any atom is -0.494 e. The van der Waals surface area contributed by atoms with Crippen molar-refractivity contribution < 1.29 is 13.9 Å². The molecule has 5 nitrogen and oxygen atoms in total. The molecule has 1 aliphatic heterocycles. The van der Waals surface area contributed by atoms with E-state index in [0.717, 1.165) is 47.6 Å². The minimum absolute atomic E-state index is 0.0409. The van der Waals surface area contributed by atoms with Crippen molar-refractivity contribution in [3.05, 3.63) is 95.6 Å². The summed E-state index contributed by atoms with van der Waals surface area (Å²) in [5.74, 6) is 1.76. The van der Waals surface area contributed by atoms with Crippen LogP contribution in [0.5, 0.6) is 5.75 Å². The Labute approximate surface area is 205 Å².